The van der Waals surface area contributed by atoms with E-state index in [0.29, 0.717) is 11.4 Å². The number of nitrogen functional groups attached to an aromatic ring is 1. The number of H-pyrrole nitrogens is 1. The zero-order valence-electron chi connectivity index (χ0n) is 8.98. The van der Waals surface area contributed by atoms with Crippen LogP contribution >= 0.6 is 0 Å². The molecule has 7 heteroatoms. The van der Waals surface area contributed by atoms with Crippen molar-refractivity contribution in [3.05, 3.63) is 23.8 Å². The number of carbonyl (C=O) groups is 1. The Balaban J connectivity index is 2.20. The fourth-order valence-electron chi connectivity index (χ4n) is 1.38. The highest BCUT2D eigenvalue weighted by Gasteiger charge is 2.13. The van der Waals surface area contributed by atoms with Gasteiger partial charge in [-0.3, -0.25) is 14.6 Å². The lowest BCUT2D eigenvalue weighted by Crippen LogP contribution is -2.14. The second-order valence-corrected chi connectivity index (χ2v) is 3.46. The van der Waals surface area contributed by atoms with E-state index >= 15 is 0 Å². The van der Waals surface area contributed by atoms with Gasteiger partial charge in [0.1, 0.15) is 5.69 Å². The highest BCUT2D eigenvalue weighted by atomic mass is 16.2. The molecular formula is C9H12N6O. The molecule has 0 saturated carbocycles. The molecule has 16 heavy (non-hydrogen) atoms. The lowest BCUT2D eigenvalue weighted by molar-refractivity contribution is 0.102. The van der Waals surface area contributed by atoms with Crippen molar-refractivity contribution in [2.24, 2.45) is 7.05 Å². The molecule has 0 bridgehead atoms. The van der Waals surface area contributed by atoms with Gasteiger partial charge in [0, 0.05) is 13.2 Å². The number of nitrogens with zero attached hydrogens (tertiary/aromatic N) is 3. The number of anilines is 2. The number of aryl methyl sites for hydroxylation is 2. The molecule has 2 rings (SSSR count). The van der Waals surface area contributed by atoms with Gasteiger partial charge in [0.25, 0.3) is 5.91 Å². The third-order valence-electron chi connectivity index (χ3n) is 2.16. The Hall–Kier alpha value is -2.31. The van der Waals surface area contributed by atoms with Crippen LogP contribution in [0, 0.1) is 6.92 Å². The summed E-state index contributed by atoms with van der Waals surface area (Å²) in [5.74, 6) is -0.328. The van der Waals surface area contributed by atoms with Crippen LogP contribution in [0.4, 0.5) is 11.4 Å². The Kier molecular flexibility index (Phi) is 2.35. The quantitative estimate of drug-likeness (QED) is 0.676. The summed E-state index contributed by atoms with van der Waals surface area (Å²) in [4.78, 5) is 11.8. The van der Waals surface area contributed by atoms with Gasteiger partial charge in [-0.15, -0.1) is 0 Å². The SMILES string of the molecule is Cc1nn(C)cc1NC(=O)c1[nH]ncc1N. The Morgan fingerprint density at radius 2 is 2.38 bits per heavy atom. The molecule has 2 heterocycles. The van der Waals surface area contributed by atoms with E-state index in [2.05, 4.69) is 20.6 Å². The van der Waals surface area contributed by atoms with E-state index in [9.17, 15) is 4.79 Å². The predicted molar refractivity (Wildman–Crippen MR) is 58.9 cm³/mol. The third-order valence-corrected chi connectivity index (χ3v) is 2.16. The molecule has 0 aliphatic heterocycles. The number of rotatable bonds is 2. The molecule has 2 aromatic rings. The zero-order valence-corrected chi connectivity index (χ0v) is 8.98. The number of aromatic nitrogens is 4. The maximum absolute atomic E-state index is 11.8. The number of carbonyl (C=O) groups excluding carboxylic acids is 1. The van der Waals surface area contributed by atoms with Gasteiger partial charge in [0.2, 0.25) is 0 Å². The van der Waals surface area contributed by atoms with Crippen LogP contribution in [0.25, 0.3) is 0 Å². The van der Waals surface area contributed by atoms with Crippen LogP contribution in [0.5, 0.6) is 0 Å². The molecule has 0 unspecified atom stereocenters. The molecule has 0 aliphatic rings. The summed E-state index contributed by atoms with van der Waals surface area (Å²) >= 11 is 0. The van der Waals surface area contributed by atoms with Gasteiger partial charge >= 0.3 is 0 Å². The summed E-state index contributed by atoms with van der Waals surface area (Å²) in [6, 6.07) is 0. The number of hydrogen-bond donors (Lipinski definition) is 3. The minimum atomic E-state index is -0.328. The molecule has 0 fully saturated rings. The molecule has 84 valence electrons. The van der Waals surface area contributed by atoms with Gasteiger partial charge in [-0.2, -0.15) is 10.2 Å². The number of nitrogens with two attached hydrogens (primary N) is 1. The summed E-state index contributed by atoms with van der Waals surface area (Å²) in [6.45, 7) is 1.81. The molecule has 0 atom stereocenters. The normalized spacial score (nSPS) is 10.4. The van der Waals surface area contributed by atoms with E-state index in [1.54, 1.807) is 17.9 Å². The number of aromatic amines is 1. The smallest absolute Gasteiger partial charge is 0.275 e. The summed E-state index contributed by atoms with van der Waals surface area (Å²) in [6.07, 6.45) is 3.12. The highest BCUT2D eigenvalue weighted by Crippen LogP contribution is 2.14. The lowest BCUT2D eigenvalue weighted by Gasteiger charge is -2.01. The van der Waals surface area contributed by atoms with Crippen molar-refractivity contribution in [2.75, 3.05) is 11.1 Å². The molecule has 0 spiro atoms. The van der Waals surface area contributed by atoms with Gasteiger partial charge in [-0.25, -0.2) is 0 Å². The van der Waals surface area contributed by atoms with Crippen molar-refractivity contribution in [1.29, 1.82) is 0 Å². The largest absolute Gasteiger partial charge is 0.396 e. The minimum absolute atomic E-state index is 0.253. The van der Waals surface area contributed by atoms with E-state index in [1.807, 2.05) is 6.92 Å². The number of nitrogens with one attached hydrogen (secondary N) is 2. The van der Waals surface area contributed by atoms with Gasteiger partial charge in [-0.05, 0) is 6.92 Å². The zero-order chi connectivity index (χ0) is 11.7. The first-order valence-corrected chi connectivity index (χ1v) is 4.68. The van der Waals surface area contributed by atoms with Crippen molar-refractivity contribution in [1.82, 2.24) is 20.0 Å². The Bertz CT molecular complexity index is 526. The second-order valence-electron chi connectivity index (χ2n) is 3.46. The van der Waals surface area contributed by atoms with E-state index in [1.165, 1.54) is 6.20 Å². The van der Waals surface area contributed by atoms with Crippen LogP contribution in [0.15, 0.2) is 12.4 Å². The first kappa shape index (κ1) is 10.2. The van der Waals surface area contributed by atoms with Gasteiger partial charge in [0.05, 0.1) is 23.3 Å². The fourth-order valence-corrected chi connectivity index (χ4v) is 1.38. The van der Waals surface area contributed by atoms with Crippen LogP contribution in [0.2, 0.25) is 0 Å². The molecule has 0 aromatic carbocycles. The average Bonchev–Trinajstić information content (AvgIpc) is 2.74. The van der Waals surface area contributed by atoms with Crippen molar-refractivity contribution >= 4 is 17.3 Å². The standard InChI is InChI=1S/C9H12N6O/c1-5-7(4-15(2)14-5)12-9(16)8-6(10)3-11-13-8/h3-4H,10H2,1-2H3,(H,11,13)(H,12,16). The second kappa shape index (κ2) is 3.69. The molecule has 1 amide bonds. The van der Waals surface area contributed by atoms with E-state index in [0.717, 1.165) is 5.69 Å². The van der Waals surface area contributed by atoms with Crippen LogP contribution in [-0.2, 0) is 7.05 Å². The summed E-state index contributed by atoms with van der Waals surface area (Å²) in [5, 5.41) is 13.0. The number of amides is 1. The predicted octanol–water partition coefficient (Wildman–Crippen LogP) is 0.286. The van der Waals surface area contributed by atoms with Crippen LogP contribution in [0.3, 0.4) is 0 Å². The van der Waals surface area contributed by atoms with Gasteiger partial charge < -0.3 is 11.1 Å². The minimum Gasteiger partial charge on any atom is -0.396 e. The van der Waals surface area contributed by atoms with Crippen molar-refractivity contribution in [2.45, 2.75) is 6.92 Å². The first-order chi connectivity index (χ1) is 7.58. The monoisotopic (exact) mass is 220 g/mol. The average molecular weight is 220 g/mol. The van der Waals surface area contributed by atoms with Gasteiger partial charge in [-0.1, -0.05) is 0 Å². The molecule has 0 radical (unpaired) electrons. The molecular weight excluding hydrogens is 208 g/mol. The van der Waals surface area contributed by atoms with Gasteiger partial charge in [0.15, 0.2) is 0 Å². The van der Waals surface area contributed by atoms with Crippen molar-refractivity contribution in [3.63, 3.8) is 0 Å². The van der Waals surface area contributed by atoms with Crippen LogP contribution in [-0.4, -0.2) is 25.9 Å². The lowest BCUT2D eigenvalue weighted by atomic mass is 10.3. The van der Waals surface area contributed by atoms with E-state index in [4.69, 9.17) is 5.73 Å². The van der Waals surface area contributed by atoms with E-state index < -0.39 is 0 Å². The highest BCUT2D eigenvalue weighted by molar-refractivity contribution is 6.06. The molecule has 0 aliphatic carbocycles. The Morgan fingerprint density at radius 1 is 1.62 bits per heavy atom. The van der Waals surface area contributed by atoms with E-state index in [-0.39, 0.29) is 11.6 Å². The molecule has 4 N–H and O–H groups in total. The Labute approximate surface area is 91.6 Å². The molecule has 7 nitrogen and oxygen atoms in total. The van der Waals surface area contributed by atoms with Crippen LogP contribution in [0.1, 0.15) is 16.2 Å². The van der Waals surface area contributed by atoms with Crippen molar-refractivity contribution < 1.29 is 4.79 Å². The summed E-state index contributed by atoms with van der Waals surface area (Å²) in [7, 11) is 1.78. The van der Waals surface area contributed by atoms with Crippen LogP contribution < -0.4 is 11.1 Å². The molecule has 0 saturated heterocycles. The maximum Gasteiger partial charge on any atom is 0.275 e. The maximum atomic E-state index is 11.8. The topological polar surface area (TPSA) is 102 Å². The fraction of sp³-hybridized carbons (Fsp3) is 0.222. The van der Waals surface area contributed by atoms with Crippen molar-refractivity contribution in [3.8, 4) is 0 Å². The first-order valence-electron chi connectivity index (χ1n) is 4.68. The third kappa shape index (κ3) is 1.74. The Morgan fingerprint density at radius 3 is 2.88 bits per heavy atom. The summed E-state index contributed by atoms with van der Waals surface area (Å²) in [5.41, 5.74) is 7.53. The number of hydrogen-bond acceptors (Lipinski definition) is 4. The summed E-state index contributed by atoms with van der Waals surface area (Å²) < 4.78 is 1.63. The molecule has 2 aromatic heterocycles.